The second-order valence-corrected chi connectivity index (χ2v) is 9.70. The van der Waals surface area contributed by atoms with E-state index in [9.17, 15) is 0 Å². The van der Waals surface area contributed by atoms with E-state index in [0.717, 1.165) is 34.4 Å². The molecule has 0 unspecified atom stereocenters. The zero-order valence-corrected chi connectivity index (χ0v) is 20.9. The highest BCUT2D eigenvalue weighted by atomic mass is 15.0. The molecule has 7 rings (SSSR count). The van der Waals surface area contributed by atoms with Crippen molar-refractivity contribution in [2.24, 2.45) is 5.73 Å². The maximum atomic E-state index is 6.56. The molecule has 0 atom stereocenters. The lowest BCUT2D eigenvalue weighted by Crippen LogP contribution is -1.99. The van der Waals surface area contributed by atoms with E-state index in [0.29, 0.717) is 0 Å². The standard InChI is InChI=1S/C35H27N3/c36-31(18-7-4-13-24-11-2-1-3-12-24)25-14-10-15-26(23-25)38-33-20-9-6-17-28(33)30-22-21-29-27-16-5-8-19-32(27)37-34(29)35(30)38/h1-12,14-23,37H,13,36H2/b7-4-,31-18-. The Morgan fingerprint density at radius 3 is 2.37 bits per heavy atom. The molecule has 5 aromatic carbocycles. The molecule has 0 spiro atoms. The molecule has 0 radical (unpaired) electrons. The van der Waals surface area contributed by atoms with Crippen LogP contribution in [-0.4, -0.2) is 9.55 Å². The maximum Gasteiger partial charge on any atom is 0.0783 e. The lowest BCUT2D eigenvalue weighted by atomic mass is 10.1. The first-order valence-electron chi connectivity index (χ1n) is 13.0. The van der Waals surface area contributed by atoms with Crippen LogP contribution >= 0.6 is 0 Å². The normalized spacial score (nSPS) is 12.5. The summed E-state index contributed by atoms with van der Waals surface area (Å²) in [5.41, 5.74) is 15.3. The number of hydrogen-bond acceptors (Lipinski definition) is 1. The fraction of sp³-hybridized carbons (Fsp3) is 0.0286. The highest BCUT2D eigenvalue weighted by molar-refractivity contribution is 6.22. The molecule has 0 aliphatic carbocycles. The van der Waals surface area contributed by atoms with Gasteiger partial charge in [0.05, 0.1) is 16.6 Å². The lowest BCUT2D eigenvalue weighted by molar-refractivity contribution is 1.18. The molecular weight excluding hydrogens is 462 g/mol. The molecule has 0 bridgehead atoms. The number of para-hydroxylation sites is 2. The van der Waals surface area contributed by atoms with Crippen LogP contribution in [0.25, 0.3) is 55.0 Å². The predicted molar refractivity (Wildman–Crippen MR) is 162 cm³/mol. The zero-order valence-electron chi connectivity index (χ0n) is 20.9. The average molecular weight is 490 g/mol. The van der Waals surface area contributed by atoms with E-state index in [2.05, 4.69) is 125 Å². The Morgan fingerprint density at radius 1 is 0.711 bits per heavy atom. The number of aromatic amines is 1. The summed E-state index contributed by atoms with van der Waals surface area (Å²) in [4.78, 5) is 3.71. The Morgan fingerprint density at radius 2 is 1.47 bits per heavy atom. The molecule has 0 aliphatic heterocycles. The summed E-state index contributed by atoms with van der Waals surface area (Å²) >= 11 is 0. The third kappa shape index (κ3) is 3.68. The van der Waals surface area contributed by atoms with Gasteiger partial charge < -0.3 is 15.3 Å². The van der Waals surface area contributed by atoms with Gasteiger partial charge in [-0.15, -0.1) is 0 Å². The average Bonchev–Trinajstić information content (AvgIpc) is 3.52. The monoisotopic (exact) mass is 489 g/mol. The minimum atomic E-state index is 0.743. The van der Waals surface area contributed by atoms with Gasteiger partial charge in [0.1, 0.15) is 0 Å². The van der Waals surface area contributed by atoms with Gasteiger partial charge in [0, 0.05) is 38.4 Å². The number of rotatable bonds is 5. The molecular formula is C35H27N3. The largest absolute Gasteiger partial charge is 0.398 e. The molecule has 0 fully saturated rings. The first-order chi connectivity index (χ1) is 18.8. The molecule has 0 amide bonds. The maximum absolute atomic E-state index is 6.56. The van der Waals surface area contributed by atoms with E-state index in [4.69, 9.17) is 5.73 Å². The minimum Gasteiger partial charge on any atom is -0.398 e. The van der Waals surface area contributed by atoms with Crippen LogP contribution in [0.15, 0.2) is 133 Å². The van der Waals surface area contributed by atoms with Crippen molar-refractivity contribution in [2.45, 2.75) is 6.42 Å². The quantitative estimate of drug-likeness (QED) is 0.234. The van der Waals surface area contributed by atoms with Crippen molar-refractivity contribution < 1.29 is 0 Å². The second-order valence-electron chi connectivity index (χ2n) is 9.70. The van der Waals surface area contributed by atoms with Gasteiger partial charge in [-0.3, -0.25) is 0 Å². The first-order valence-corrected chi connectivity index (χ1v) is 13.0. The Bertz CT molecular complexity index is 2000. The summed E-state index contributed by atoms with van der Waals surface area (Å²) in [5.74, 6) is 0. The molecule has 0 aliphatic rings. The first kappa shape index (κ1) is 22.2. The number of nitrogens with zero attached hydrogens (tertiary/aromatic N) is 1. The van der Waals surface area contributed by atoms with Crippen molar-refractivity contribution in [3.63, 3.8) is 0 Å². The fourth-order valence-electron chi connectivity index (χ4n) is 5.55. The van der Waals surface area contributed by atoms with E-state index in [1.54, 1.807) is 0 Å². The molecule has 2 aromatic heterocycles. The summed E-state index contributed by atoms with van der Waals surface area (Å²) < 4.78 is 2.37. The van der Waals surface area contributed by atoms with Gasteiger partial charge in [-0.05, 0) is 47.9 Å². The van der Waals surface area contributed by atoms with E-state index >= 15 is 0 Å². The Kier molecular flexibility index (Phi) is 5.33. The van der Waals surface area contributed by atoms with Crippen molar-refractivity contribution in [1.82, 2.24) is 9.55 Å². The van der Waals surface area contributed by atoms with E-state index in [1.165, 1.54) is 38.1 Å². The van der Waals surface area contributed by atoms with Crippen LogP contribution in [0.5, 0.6) is 0 Å². The molecule has 0 saturated carbocycles. The number of nitrogens with one attached hydrogen (secondary N) is 1. The number of benzene rings is 5. The van der Waals surface area contributed by atoms with Gasteiger partial charge in [-0.2, -0.15) is 0 Å². The highest BCUT2D eigenvalue weighted by Crippen LogP contribution is 2.38. The summed E-state index contributed by atoms with van der Waals surface area (Å²) in [5, 5.41) is 4.94. The van der Waals surface area contributed by atoms with E-state index in [-0.39, 0.29) is 0 Å². The van der Waals surface area contributed by atoms with Gasteiger partial charge in [0.25, 0.3) is 0 Å². The van der Waals surface area contributed by atoms with Crippen LogP contribution in [0.1, 0.15) is 11.1 Å². The molecule has 0 saturated heterocycles. The van der Waals surface area contributed by atoms with Crippen LogP contribution in [-0.2, 0) is 6.42 Å². The van der Waals surface area contributed by atoms with Crippen molar-refractivity contribution in [1.29, 1.82) is 0 Å². The molecule has 182 valence electrons. The Labute approximate surface area is 221 Å². The summed E-state index contributed by atoms with van der Waals surface area (Å²) in [7, 11) is 0. The van der Waals surface area contributed by atoms with Crippen molar-refractivity contribution in [3.05, 3.63) is 145 Å². The van der Waals surface area contributed by atoms with Crippen molar-refractivity contribution in [2.75, 3.05) is 0 Å². The Balaban J connectivity index is 1.37. The van der Waals surface area contributed by atoms with Crippen LogP contribution in [0.4, 0.5) is 0 Å². The number of nitrogens with two attached hydrogens (primary N) is 1. The van der Waals surface area contributed by atoms with Crippen LogP contribution in [0.3, 0.4) is 0 Å². The van der Waals surface area contributed by atoms with Gasteiger partial charge in [0.15, 0.2) is 0 Å². The smallest absolute Gasteiger partial charge is 0.0783 e. The molecule has 7 aromatic rings. The van der Waals surface area contributed by atoms with E-state index in [1.807, 2.05) is 18.2 Å². The van der Waals surface area contributed by atoms with Gasteiger partial charge >= 0.3 is 0 Å². The SMILES string of the molecule is N/C(=C\C=C/Cc1ccccc1)c1cccc(-n2c3ccccc3c3ccc4c5ccccc5[nH]c4c32)c1. The fourth-order valence-corrected chi connectivity index (χ4v) is 5.55. The molecule has 2 heterocycles. The third-order valence-corrected chi connectivity index (χ3v) is 7.36. The number of hydrogen-bond donors (Lipinski definition) is 2. The zero-order chi connectivity index (χ0) is 25.5. The summed E-state index contributed by atoms with van der Waals surface area (Å²) in [6.45, 7) is 0. The van der Waals surface area contributed by atoms with Crippen LogP contribution in [0, 0.1) is 0 Å². The Hall–Kier alpha value is -5.02. The van der Waals surface area contributed by atoms with Crippen molar-refractivity contribution >= 4 is 49.3 Å². The molecule has 3 N–H and O–H groups in total. The summed E-state index contributed by atoms with van der Waals surface area (Å²) in [6, 6.07) is 40.6. The number of H-pyrrole nitrogens is 1. The van der Waals surface area contributed by atoms with Gasteiger partial charge in [-0.1, -0.05) is 103 Å². The topological polar surface area (TPSA) is 46.7 Å². The molecule has 3 heteroatoms. The predicted octanol–water partition coefficient (Wildman–Crippen LogP) is 8.52. The van der Waals surface area contributed by atoms with Gasteiger partial charge in [-0.25, -0.2) is 0 Å². The lowest BCUT2D eigenvalue weighted by Gasteiger charge is -2.11. The second kappa shape index (κ2) is 9.13. The van der Waals surface area contributed by atoms with Crippen LogP contribution < -0.4 is 5.73 Å². The minimum absolute atomic E-state index is 0.743. The highest BCUT2D eigenvalue weighted by Gasteiger charge is 2.17. The molecule has 3 nitrogen and oxygen atoms in total. The summed E-state index contributed by atoms with van der Waals surface area (Å²) in [6.07, 6.45) is 7.06. The van der Waals surface area contributed by atoms with Gasteiger partial charge in [0.2, 0.25) is 0 Å². The number of allylic oxidation sites excluding steroid dienone is 3. The number of aromatic nitrogens is 2. The third-order valence-electron chi connectivity index (χ3n) is 7.36. The van der Waals surface area contributed by atoms with E-state index < -0.39 is 0 Å². The number of fused-ring (bicyclic) bond motifs is 7. The molecule has 38 heavy (non-hydrogen) atoms. The van der Waals surface area contributed by atoms with Crippen molar-refractivity contribution in [3.8, 4) is 5.69 Å². The van der Waals surface area contributed by atoms with Crippen LogP contribution in [0.2, 0.25) is 0 Å².